The van der Waals surface area contributed by atoms with Crippen molar-refractivity contribution >= 4 is 34.0 Å². The van der Waals surface area contributed by atoms with Crippen molar-refractivity contribution < 1.29 is 9.53 Å². The van der Waals surface area contributed by atoms with Crippen LogP contribution in [0.25, 0.3) is 10.8 Å². The minimum atomic E-state index is -0.388. The van der Waals surface area contributed by atoms with E-state index in [2.05, 4.69) is 15.4 Å². The second kappa shape index (κ2) is 8.97. The number of methoxy groups -OCH3 is 1. The van der Waals surface area contributed by atoms with Gasteiger partial charge in [0.1, 0.15) is 12.3 Å². The number of rotatable bonds is 6. The molecule has 2 aromatic heterocycles. The molecule has 0 saturated carbocycles. The van der Waals surface area contributed by atoms with Crippen LogP contribution in [0, 0.1) is 0 Å². The summed E-state index contributed by atoms with van der Waals surface area (Å²) in [6.45, 7) is -0.226. The number of carbonyl (C=O) groups excluding carboxylic acids is 1. The highest BCUT2D eigenvalue weighted by atomic mass is 35.5. The first-order chi connectivity index (χ1) is 15.0. The van der Waals surface area contributed by atoms with Gasteiger partial charge in [-0.25, -0.2) is 4.68 Å². The summed E-state index contributed by atoms with van der Waals surface area (Å²) in [6.07, 6.45) is 3.93. The van der Waals surface area contributed by atoms with Crippen LogP contribution in [0.5, 0.6) is 5.75 Å². The van der Waals surface area contributed by atoms with E-state index in [-0.39, 0.29) is 18.0 Å². The average Bonchev–Trinajstić information content (AvgIpc) is 2.78. The Labute approximate surface area is 183 Å². The van der Waals surface area contributed by atoms with Crippen LogP contribution in [-0.4, -0.2) is 27.8 Å². The van der Waals surface area contributed by atoms with Gasteiger partial charge in [0.25, 0.3) is 5.56 Å². The van der Waals surface area contributed by atoms with Crippen LogP contribution < -0.4 is 15.6 Å². The zero-order valence-corrected chi connectivity index (χ0v) is 17.5. The van der Waals surface area contributed by atoms with Crippen LogP contribution in [0.3, 0.4) is 0 Å². The van der Waals surface area contributed by atoms with E-state index < -0.39 is 0 Å². The number of fused-ring (bicyclic) bond motifs is 1. The van der Waals surface area contributed by atoms with E-state index in [1.54, 1.807) is 42.7 Å². The number of hydrogen-bond acceptors (Lipinski definition) is 5. The number of benzene rings is 2. The van der Waals surface area contributed by atoms with E-state index in [1.807, 2.05) is 24.3 Å². The summed E-state index contributed by atoms with van der Waals surface area (Å²) < 4.78 is 6.31. The molecular weight excluding hydrogens is 416 g/mol. The van der Waals surface area contributed by atoms with Crippen LogP contribution in [0.4, 0.5) is 5.69 Å². The van der Waals surface area contributed by atoms with Crippen LogP contribution in [-0.2, 0) is 17.8 Å². The van der Waals surface area contributed by atoms with Crippen LogP contribution in [0.1, 0.15) is 11.3 Å². The molecule has 4 aromatic rings. The number of pyridine rings is 1. The zero-order chi connectivity index (χ0) is 21.8. The number of nitrogens with one attached hydrogen (secondary N) is 1. The van der Waals surface area contributed by atoms with Crippen LogP contribution >= 0.6 is 11.6 Å². The van der Waals surface area contributed by atoms with Gasteiger partial charge in [-0.2, -0.15) is 5.10 Å². The van der Waals surface area contributed by atoms with E-state index in [9.17, 15) is 9.59 Å². The highest BCUT2D eigenvalue weighted by Gasteiger charge is 2.14. The summed E-state index contributed by atoms with van der Waals surface area (Å²) in [5, 5.41) is 8.90. The fourth-order valence-electron chi connectivity index (χ4n) is 3.32. The van der Waals surface area contributed by atoms with Gasteiger partial charge in [-0.05, 0) is 42.0 Å². The minimum absolute atomic E-state index is 0.226. The van der Waals surface area contributed by atoms with Gasteiger partial charge in [-0.1, -0.05) is 29.8 Å². The van der Waals surface area contributed by atoms with Crippen molar-refractivity contribution in [1.29, 1.82) is 0 Å². The lowest BCUT2D eigenvalue weighted by Crippen LogP contribution is -2.30. The van der Waals surface area contributed by atoms with Gasteiger partial charge in [-0.15, -0.1) is 0 Å². The molecule has 0 saturated heterocycles. The van der Waals surface area contributed by atoms with Crippen molar-refractivity contribution in [1.82, 2.24) is 14.8 Å². The summed E-state index contributed by atoms with van der Waals surface area (Å²) in [4.78, 5) is 29.6. The standard InChI is InChI=1S/C23H19ClN4O3/c1-31-21-7-6-16(13-19(21)24)26-22(29)14-28-23(30)18-5-3-2-4-17(18)20(27-28)12-15-8-10-25-11-9-15/h2-11,13H,12,14H2,1H3,(H,26,29). The molecule has 0 spiro atoms. The van der Waals surface area contributed by atoms with Crippen LogP contribution in [0.15, 0.2) is 71.8 Å². The second-order valence-electron chi connectivity index (χ2n) is 6.88. The SMILES string of the molecule is COc1ccc(NC(=O)Cn2nc(Cc3ccncc3)c3ccccc3c2=O)cc1Cl. The first-order valence-corrected chi connectivity index (χ1v) is 9.94. The molecule has 31 heavy (non-hydrogen) atoms. The van der Waals surface area contributed by atoms with Gasteiger partial charge in [0.05, 0.1) is 23.2 Å². The molecule has 0 aliphatic heterocycles. The molecule has 1 N–H and O–H groups in total. The van der Waals surface area contributed by atoms with Crippen molar-refractivity contribution in [3.63, 3.8) is 0 Å². The fraction of sp³-hybridized carbons (Fsp3) is 0.130. The van der Waals surface area contributed by atoms with Gasteiger partial charge in [0, 0.05) is 29.9 Å². The molecule has 0 fully saturated rings. The summed E-state index contributed by atoms with van der Waals surface area (Å²) in [5.74, 6) is 0.119. The number of aromatic nitrogens is 3. The maximum atomic E-state index is 12.9. The Balaban J connectivity index is 1.64. The lowest BCUT2D eigenvalue weighted by atomic mass is 10.1. The molecule has 156 valence electrons. The van der Waals surface area contributed by atoms with Crippen molar-refractivity contribution in [3.05, 3.63) is 93.6 Å². The Morgan fingerprint density at radius 1 is 1.10 bits per heavy atom. The molecule has 0 atom stereocenters. The van der Waals surface area contributed by atoms with E-state index in [0.717, 1.165) is 10.9 Å². The third-order valence-electron chi connectivity index (χ3n) is 4.79. The number of hydrogen-bond donors (Lipinski definition) is 1. The Morgan fingerprint density at radius 3 is 2.55 bits per heavy atom. The Bertz CT molecular complexity index is 1310. The van der Waals surface area contributed by atoms with E-state index >= 15 is 0 Å². The molecule has 0 aliphatic rings. The lowest BCUT2D eigenvalue weighted by molar-refractivity contribution is -0.117. The third kappa shape index (κ3) is 4.57. The normalized spacial score (nSPS) is 10.8. The van der Waals surface area contributed by atoms with E-state index in [1.165, 1.54) is 11.8 Å². The van der Waals surface area contributed by atoms with Gasteiger partial charge in [0.2, 0.25) is 5.91 Å². The number of ether oxygens (including phenoxy) is 1. The zero-order valence-electron chi connectivity index (χ0n) is 16.7. The highest BCUT2D eigenvalue weighted by molar-refractivity contribution is 6.32. The second-order valence-corrected chi connectivity index (χ2v) is 7.29. The molecular formula is C23H19ClN4O3. The van der Waals surface area contributed by atoms with Crippen molar-refractivity contribution in [2.75, 3.05) is 12.4 Å². The Hall–Kier alpha value is -3.71. The number of anilines is 1. The molecule has 0 unspecified atom stereocenters. The summed E-state index contributed by atoms with van der Waals surface area (Å²) in [5.41, 5.74) is 1.90. The smallest absolute Gasteiger partial charge is 0.275 e. The molecule has 2 aromatic carbocycles. The predicted molar refractivity (Wildman–Crippen MR) is 120 cm³/mol. The Morgan fingerprint density at radius 2 is 1.84 bits per heavy atom. The molecule has 0 aliphatic carbocycles. The highest BCUT2D eigenvalue weighted by Crippen LogP contribution is 2.27. The van der Waals surface area contributed by atoms with Crippen molar-refractivity contribution in [2.45, 2.75) is 13.0 Å². The third-order valence-corrected chi connectivity index (χ3v) is 5.09. The van der Waals surface area contributed by atoms with Crippen LogP contribution in [0.2, 0.25) is 5.02 Å². The number of halogens is 1. The quantitative estimate of drug-likeness (QED) is 0.500. The molecule has 0 bridgehead atoms. The molecule has 2 heterocycles. The van der Waals surface area contributed by atoms with Gasteiger partial charge in [-0.3, -0.25) is 14.6 Å². The topological polar surface area (TPSA) is 86.1 Å². The summed E-state index contributed by atoms with van der Waals surface area (Å²) in [7, 11) is 1.51. The largest absolute Gasteiger partial charge is 0.495 e. The van der Waals surface area contributed by atoms with Crippen molar-refractivity contribution in [2.24, 2.45) is 0 Å². The first-order valence-electron chi connectivity index (χ1n) is 9.56. The fourth-order valence-corrected chi connectivity index (χ4v) is 3.58. The molecule has 7 nitrogen and oxygen atoms in total. The Kier molecular flexibility index (Phi) is 5.95. The average molecular weight is 435 g/mol. The lowest BCUT2D eigenvalue weighted by Gasteiger charge is -2.12. The molecule has 4 rings (SSSR count). The predicted octanol–water partition coefficient (Wildman–Crippen LogP) is 3.68. The van der Waals surface area contributed by atoms with Crippen molar-refractivity contribution in [3.8, 4) is 5.75 Å². The monoisotopic (exact) mass is 434 g/mol. The first kappa shape index (κ1) is 20.6. The van der Waals surface area contributed by atoms with Gasteiger partial charge >= 0.3 is 0 Å². The molecule has 1 amide bonds. The van der Waals surface area contributed by atoms with Gasteiger partial charge in [0.15, 0.2) is 0 Å². The number of carbonyl (C=O) groups is 1. The maximum Gasteiger partial charge on any atom is 0.275 e. The molecule has 8 heteroatoms. The number of nitrogens with zero attached hydrogens (tertiary/aromatic N) is 3. The minimum Gasteiger partial charge on any atom is -0.495 e. The van der Waals surface area contributed by atoms with Gasteiger partial charge < -0.3 is 10.1 Å². The molecule has 0 radical (unpaired) electrons. The van der Waals surface area contributed by atoms with E-state index in [0.29, 0.717) is 34.0 Å². The summed E-state index contributed by atoms with van der Waals surface area (Å²) in [6, 6.07) is 16.0. The maximum absolute atomic E-state index is 12.9. The summed E-state index contributed by atoms with van der Waals surface area (Å²) >= 11 is 6.11. The number of amides is 1. The van der Waals surface area contributed by atoms with E-state index in [4.69, 9.17) is 16.3 Å².